The fraction of sp³-hybridized carbons (Fsp3) is 0.667. The Morgan fingerprint density at radius 3 is 2.53 bits per heavy atom. The average Bonchev–Trinajstić information content (AvgIpc) is 2.85. The lowest BCUT2D eigenvalue weighted by atomic mass is 10.0. The standard InChI is InChI=1S/C15H25NO3/c1-10(2)6-7-11(3)16-12(4)13-8-9-14(19-13)15(17)18-5/h8-12,16H,6-7H2,1-5H3. The van der Waals surface area contributed by atoms with E-state index in [1.54, 1.807) is 6.07 Å². The van der Waals surface area contributed by atoms with Gasteiger partial charge in [0.05, 0.1) is 13.2 Å². The Morgan fingerprint density at radius 2 is 1.95 bits per heavy atom. The predicted octanol–water partition coefficient (Wildman–Crippen LogP) is 3.54. The second kappa shape index (κ2) is 7.34. The van der Waals surface area contributed by atoms with Gasteiger partial charge in [0.2, 0.25) is 5.76 Å². The molecule has 0 amide bonds. The van der Waals surface area contributed by atoms with Crippen LogP contribution in [0.4, 0.5) is 0 Å². The van der Waals surface area contributed by atoms with Crippen molar-refractivity contribution in [2.24, 2.45) is 5.92 Å². The number of esters is 1. The summed E-state index contributed by atoms with van der Waals surface area (Å²) in [5.41, 5.74) is 0. The number of ether oxygens (including phenoxy) is 1. The van der Waals surface area contributed by atoms with E-state index in [0.717, 1.165) is 12.2 Å². The Bertz CT molecular complexity index is 398. The fourth-order valence-corrected chi connectivity index (χ4v) is 1.97. The molecular formula is C15H25NO3. The Hall–Kier alpha value is -1.29. The summed E-state index contributed by atoms with van der Waals surface area (Å²) in [7, 11) is 1.35. The maximum atomic E-state index is 11.3. The van der Waals surface area contributed by atoms with Crippen LogP contribution in [0.25, 0.3) is 0 Å². The van der Waals surface area contributed by atoms with E-state index in [2.05, 4.69) is 30.8 Å². The minimum Gasteiger partial charge on any atom is -0.463 e. The summed E-state index contributed by atoms with van der Waals surface area (Å²) < 4.78 is 10.1. The van der Waals surface area contributed by atoms with Gasteiger partial charge in [0.25, 0.3) is 0 Å². The molecule has 4 heteroatoms. The molecule has 0 bridgehead atoms. The first-order valence-electron chi connectivity index (χ1n) is 6.88. The summed E-state index contributed by atoms with van der Waals surface area (Å²) in [5.74, 6) is 1.29. The number of carbonyl (C=O) groups is 1. The van der Waals surface area contributed by atoms with Crippen LogP contribution in [0, 0.1) is 5.92 Å². The molecular weight excluding hydrogens is 242 g/mol. The molecule has 0 fully saturated rings. The van der Waals surface area contributed by atoms with Crippen LogP contribution in [0.2, 0.25) is 0 Å². The van der Waals surface area contributed by atoms with Crippen molar-refractivity contribution in [3.05, 3.63) is 23.7 Å². The van der Waals surface area contributed by atoms with E-state index in [1.165, 1.54) is 13.5 Å². The largest absolute Gasteiger partial charge is 0.463 e. The first-order valence-corrected chi connectivity index (χ1v) is 6.88. The lowest BCUT2D eigenvalue weighted by molar-refractivity contribution is 0.0562. The third kappa shape index (κ3) is 5.07. The summed E-state index contributed by atoms with van der Waals surface area (Å²) in [6.45, 7) is 8.66. The van der Waals surface area contributed by atoms with Gasteiger partial charge >= 0.3 is 5.97 Å². The van der Waals surface area contributed by atoms with E-state index in [1.807, 2.05) is 13.0 Å². The highest BCUT2D eigenvalue weighted by Crippen LogP contribution is 2.18. The second-order valence-electron chi connectivity index (χ2n) is 5.45. The zero-order valence-corrected chi connectivity index (χ0v) is 12.5. The van der Waals surface area contributed by atoms with Gasteiger partial charge in [-0.05, 0) is 44.7 Å². The van der Waals surface area contributed by atoms with Gasteiger partial charge in [-0.1, -0.05) is 13.8 Å². The van der Waals surface area contributed by atoms with Crippen LogP contribution in [0.15, 0.2) is 16.5 Å². The van der Waals surface area contributed by atoms with E-state index in [9.17, 15) is 4.79 Å². The monoisotopic (exact) mass is 267 g/mol. The third-order valence-corrected chi connectivity index (χ3v) is 3.15. The molecule has 0 spiro atoms. The number of furan rings is 1. The van der Waals surface area contributed by atoms with Crippen molar-refractivity contribution >= 4 is 5.97 Å². The summed E-state index contributed by atoms with van der Waals surface area (Å²) in [4.78, 5) is 11.3. The highest BCUT2D eigenvalue weighted by Gasteiger charge is 2.16. The minimum atomic E-state index is -0.439. The molecule has 1 aromatic rings. The first kappa shape index (κ1) is 15.8. The van der Waals surface area contributed by atoms with E-state index in [4.69, 9.17) is 4.42 Å². The smallest absolute Gasteiger partial charge is 0.373 e. The fourth-order valence-electron chi connectivity index (χ4n) is 1.97. The maximum Gasteiger partial charge on any atom is 0.373 e. The van der Waals surface area contributed by atoms with Gasteiger partial charge in [-0.15, -0.1) is 0 Å². The van der Waals surface area contributed by atoms with Crippen molar-refractivity contribution < 1.29 is 13.9 Å². The molecule has 1 aromatic heterocycles. The van der Waals surface area contributed by atoms with Crippen LogP contribution >= 0.6 is 0 Å². The molecule has 0 aliphatic rings. The number of carbonyl (C=O) groups excluding carboxylic acids is 1. The van der Waals surface area contributed by atoms with Crippen molar-refractivity contribution in [3.63, 3.8) is 0 Å². The summed E-state index contributed by atoms with van der Waals surface area (Å²) in [5, 5.41) is 3.48. The Morgan fingerprint density at radius 1 is 1.26 bits per heavy atom. The van der Waals surface area contributed by atoms with Gasteiger partial charge in [-0.25, -0.2) is 4.79 Å². The summed E-state index contributed by atoms with van der Waals surface area (Å²) in [6, 6.07) is 3.97. The lowest BCUT2D eigenvalue weighted by Crippen LogP contribution is -2.29. The Kier molecular flexibility index (Phi) is 6.09. The number of nitrogens with one attached hydrogen (secondary N) is 1. The van der Waals surface area contributed by atoms with E-state index in [0.29, 0.717) is 12.0 Å². The minimum absolute atomic E-state index is 0.0839. The van der Waals surface area contributed by atoms with Crippen molar-refractivity contribution in [3.8, 4) is 0 Å². The number of rotatable bonds is 7. The van der Waals surface area contributed by atoms with Crippen LogP contribution < -0.4 is 5.32 Å². The number of hydrogen-bond donors (Lipinski definition) is 1. The Labute approximate surface area is 115 Å². The lowest BCUT2D eigenvalue weighted by Gasteiger charge is -2.19. The maximum absolute atomic E-state index is 11.3. The van der Waals surface area contributed by atoms with Gasteiger partial charge in [0.1, 0.15) is 5.76 Å². The predicted molar refractivity (Wildman–Crippen MR) is 75.1 cm³/mol. The van der Waals surface area contributed by atoms with E-state index >= 15 is 0 Å². The van der Waals surface area contributed by atoms with Gasteiger partial charge in [-0.2, -0.15) is 0 Å². The third-order valence-electron chi connectivity index (χ3n) is 3.15. The summed E-state index contributed by atoms with van der Waals surface area (Å²) >= 11 is 0. The molecule has 108 valence electrons. The molecule has 0 aliphatic carbocycles. The molecule has 2 unspecified atom stereocenters. The first-order chi connectivity index (χ1) is 8.93. The molecule has 0 aromatic carbocycles. The molecule has 0 saturated heterocycles. The van der Waals surface area contributed by atoms with Crippen molar-refractivity contribution in [2.75, 3.05) is 7.11 Å². The van der Waals surface area contributed by atoms with Crippen LogP contribution in [0.1, 0.15) is 62.9 Å². The molecule has 0 radical (unpaired) electrons. The normalized spacial score (nSPS) is 14.4. The summed E-state index contributed by atoms with van der Waals surface area (Å²) in [6.07, 6.45) is 2.33. The quantitative estimate of drug-likeness (QED) is 0.768. The van der Waals surface area contributed by atoms with Gasteiger partial charge < -0.3 is 14.5 Å². The van der Waals surface area contributed by atoms with Crippen molar-refractivity contribution in [1.82, 2.24) is 5.32 Å². The average molecular weight is 267 g/mol. The van der Waals surface area contributed by atoms with Crippen LogP contribution in [0.3, 0.4) is 0 Å². The van der Waals surface area contributed by atoms with Gasteiger partial charge in [0, 0.05) is 6.04 Å². The number of methoxy groups -OCH3 is 1. The second-order valence-corrected chi connectivity index (χ2v) is 5.45. The SMILES string of the molecule is COC(=O)c1ccc(C(C)NC(C)CCC(C)C)o1. The van der Waals surface area contributed by atoms with Crippen molar-refractivity contribution in [1.29, 1.82) is 0 Å². The zero-order chi connectivity index (χ0) is 14.4. The molecule has 1 rings (SSSR count). The Balaban J connectivity index is 2.51. The molecule has 1 heterocycles. The molecule has 0 saturated carbocycles. The molecule has 1 N–H and O–H groups in total. The molecule has 4 nitrogen and oxygen atoms in total. The van der Waals surface area contributed by atoms with E-state index in [-0.39, 0.29) is 11.8 Å². The molecule has 0 aliphatic heterocycles. The molecule has 19 heavy (non-hydrogen) atoms. The topological polar surface area (TPSA) is 51.5 Å². The van der Waals surface area contributed by atoms with Crippen molar-refractivity contribution in [2.45, 2.75) is 52.6 Å². The zero-order valence-electron chi connectivity index (χ0n) is 12.5. The molecule has 2 atom stereocenters. The highest BCUT2D eigenvalue weighted by atomic mass is 16.5. The van der Waals surface area contributed by atoms with Gasteiger partial charge in [0.15, 0.2) is 0 Å². The number of hydrogen-bond acceptors (Lipinski definition) is 4. The van der Waals surface area contributed by atoms with Crippen LogP contribution in [0.5, 0.6) is 0 Å². The van der Waals surface area contributed by atoms with Gasteiger partial charge in [-0.3, -0.25) is 0 Å². The van der Waals surface area contributed by atoms with Crippen LogP contribution in [-0.2, 0) is 4.74 Å². The van der Waals surface area contributed by atoms with Crippen LogP contribution in [-0.4, -0.2) is 19.1 Å². The van der Waals surface area contributed by atoms with E-state index < -0.39 is 5.97 Å². The highest BCUT2D eigenvalue weighted by molar-refractivity contribution is 5.86.